The van der Waals surface area contributed by atoms with Crippen molar-refractivity contribution in [2.75, 3.05) is 0 Å². The molecule has 0 saturated carbocycles. The summed E-state index contributed by atoms with van der Waals surface area (Å²) in [6.07, 6.45) is 2.92. The molecule has 0 aliphatic rings. The molecule has 0 heterocycles. The van der Waals surface area contributed by atoms with Crippen molar-refractivity contribution < 1.29 is 15.3 Å². The molecule has 3 nitrogen and oxygen atoms in total. The van der Waals surface area contributed by atoms with Crippen LogP contribution in [-0.4, -0.2) is 21.4 Å². The maximum Gasteiger partial charge on any atom is 0.167 e. The Bertz CT molecular complexity index is 162. The Labute approximate surface area is 72.7 Å². The average molecular weight is 172 g/mol. The summed E-state index contributed by atoms with van der Waals surface area (Å²) in [4.78, 5) is 0. The van der Waals surface area contributed by atoms with Crippen LogP contribution in [0.2, 0.25) is 0 Å². The van der Waals surface area contributed by atoms with Gasteiger partial charge in [0.1, 0.15) is 11.5 Å². The van der Waals surface area contributed by atoms with Gasteiger partial charge in [-0.15, -0.1) is 0 Å². The van der Waals surface area contributed by atoms with Gasteiger partial charge in [-0.05, 0) is 25.0 Å². The minimum absolute atomic E-state index is 0.195. The lowest BCUT2D eigenvalue weighted by atomic mass is 10.2. The van der Waals surface area contributed by atoms with Crippen molar-refractivity contribution in [2.24, 2.45) is 0 Å². The van der Waals surface area contributed by atoms with E-state index in [4.69, 9.17) is 10.2 Å². The second-order valence-electron chi connectivity index (χ2n) is 2.48. The van der Waals surface area contributed by atoms with Crippen molar-refractivity contribution in [3.8, 4) is 0 Å². The molecule has 0 atom stereocenters. The first kappa shape index (κ1) is 11.0. The molecule has 0 unspecified atom stereocenters. The van der Waals surface area contributed by atoms with E-state index >= 15 is 0 Å². The quantitative estimate of drug-likeness (QED) is 0.569. The number of hydrogen-bond donors (Lipinski definition) is 3. The molecule has 0 aromatic rings. The molecule has 0 saturated heterocycles. The Hall–Kier alpha value is -0.960. The summed E-state index contributed by atoms with van der Waals surface area (Å²) in [6.45, 7) is 3.67. The van der Waals surface area contributed by atoms with Gasteiger partial charge in [-0.3, -0.25) is 0 Å². The Kier molecular flexibility index (Phi) is 5.21. The summed E-state index contributed by atoms with van der Waals surface area (Å²) in [7, 11) is 0. The van der Waals surface area contributed by atoms with Gasteiger partial charge in [0.05, 0.1) is 0 Å². The van der Waals surface area contributed by atoms with Crippen LogP contribution in [0.25, 0.3) is 0 Å². The molecule has 12 heavy (non-hydrogen) atoms. The fraction of sp³-hybridized carbons (Fsp3) is 0.556. The van der Waals surface area contributed by atoms with E-state index in [0.29, 0.717) is 12.8 Å². The minimum atomic E-state index is -1.26. The topological polar surface area (TPSA) is 60.7 Å². The van der Waals surface area contributed by atoms with Crippen LogP contribution in [0.1, 0.15) is 26.7 Å². The van der Waals surface area contributed by atoms with Crippen LogP contribution in [0.4, 0.5) is 0 Å². The number of allylic oxidation sites excluding steroid dienone is 2. The van der Waals surface area contributed by atoms with Gasteiger partial charge in [0, 0.05) is 0 Å². The smallest absolute Gasteiger partial charge is 0.167 e. The highest BCUT2D eigenvalue weighted by Crippen LogP contribution is 2.08. The van der Waals surface area contributed by atoms with E-state index in [1.807, 2.05) is 13.8 Å². The van der Waals surface area contributed by atoms with E-state index in [1.54, 1.807) is 0 Å². The van der Waals surface area contributed by atoms with Gasteiger partial charge in [0.2, 0.25) is 0 Å². The van der Waals surface area contributed by atoms with Crippen LogP contribution in [0.15, 0.2) is 23.7 Å². The molecule has 0 aliphatic carbocycles. The molecule has 0 rings (SSSR count). The van der Waals surface area contributed by atoms with Crippen molar-refractivity contribution in [1.82, 2.24) is 0 Å². The van der Waals surface area contributed by atoms with Gasteiger partial charge >= 0.3 is 0 Å². The first-order valence-corrected chi connectivity index (χ1v) is 4.09. The van der Waals surface area contributed by atoms with E-state index in [9.17, 15) is 5.11 Å². The zero-order valence-electron chi connectivity index (χ0n) is 7.49. The second kappa shape index (κ2) is 5.66. The van der Waals surface area contributed by atoms with E-state index < -0.39 is 6.10 Å². The molecule has 3 heteroatoms. The largest absolute Gasteiger partial charge is 0.509 e. The number of hydrogen-bond acceptors (Lipinski definition) is 3. The van der Waals surface area contributed by atoms with Crippen molar-refractivity contribution in [1.29, 1.82) is 0 Å². The van der Waals surface area contributed by atoms with Crippen LogP contribution < -0.4 is 0 Å². The fourth-order valence-corrected chi connectivity index (χ4v) is 0.793. The maximum absolute atomic E-state index is 9.21. The Balaban J connectivity index is 4.28. The standard InChI is InChI=1S/C9H16O3/c1-3-5-7(10)9(12)8(11)6-4-2/h5-6,9-12H,3-4H2,1-2H3. The van der Waals surface area contributed by atoms with Crippen molar-refractivity contribution in [3.05, 3.63) is 23.7 Å². The van der Waals surface area contributed by atoms with Crippen LogP contribution >= 0.6 is 0 Å². The predicted molar refractivity (Wildman–Crippen MR) is 48.0 cm³/mol. The molecule has 0 aromatic heterocycles. The Morgan fingerprint density at radius 3 is 1.67 bits per heavy atom. The summed E-state index contributed by atoms with van der Waals surface area (Å²) >= 11 is 0. The lowest BCUT2D eigenvalue weighted by molar-refractivity contribution is 0.136. The predicted octanol–water partition coefficient (Wildman–Crippen LogP) is 2.05. The molecule has 0 bridgehead atoms. The second-order valence-corrected chi connectivity index (χ2v) is 2.48. The van der Waals surface area contributed by atoms with Crippen LogP contribution in [0.5, 0.6) is 0 Å². The van der Waals surface area contributed by atoms with Gasteiger partial charge in [-0.2, -0.15) is 0 Å². The van der Waals surface area contributed by atoms with E-state index in [0.717, 1.165) is 0 Å². The first-order valence-electron chi connectivity index (χ1n) is 4.09. The molecule has 0 radical (unpaired) electrons. The number of aliphatic hydroxyl groups is 3. The minimum Gasteiger partial charge on any atom is -0.509 e. The zero-order chi connectivity index (χ0) is 9.56. The third kappa shape index (κ3) is 3.44. The van der Waals surface area contributed by atoms with Crippen LogP contribution in [0.3, 0.4) is 0 Å². The lowest BCUT2D eigenvalue weighted by Gasteiger charge is -2.08. The van der Waals surface area contributed by atoms with Gasteiger partial charge in [0.15, 0.2) is 6.10 Å². The molecule has 3 N–H and O–H groups in total. The van der Waals surface area contributed by atoms with E-state index in [-0.39, 0.29) is 11.5 Å². The van der Waals surface area contributed by atoms with Gasteiger partial charge < -0.3 is 15.3 Å². The molecular weight excluding hydrogens is 156 g/mol. The van der Waals surface area contributed by atoms with Gasteiger partial charge in [0.25, 0.3) is 0 Å². The van der Waals surface area contributed by atoms with E-state index in [2.05, 4.69) is 0 Å². The van der Waals surface area contributed by atoms with Crippen molar-refractivity contribution in [2.45, 2.75) is 32.8 Å². The SMILES string of the molecule is CCC=C(O)C(O)C(O)=CCC. The maximum atomic E-state index is 9.21. The third-order valence-electron chi connectivity index (χ3n) is 1.39. The van der Waals surface area contributed by atoms with Crippen molar-refractivity contribution in [3.63, 3.8) is 0 Å². The van der Waals surface area contributed by atoms with Crippen LogP contribution in [-0.2, 0) is 0 Å². The molecule has 70 valence electrons. The monoisotopic (exact) mass is 172 g/mol. The summed E-state index contributed by atoms with van der Waals surface area (Å²) in [5.41, 5.74) is 0. The molecule has 0 spiro atoms. The number of rotatable bonds is 4. The normalized spacial score (nSPS) is 16.2. The van der Waals surface area contributed by atoms with Crippen molar-refractivity contribution >= 4 is 0 Å². The Morgan fingerprint density at radius 2 is 1.42 bits per heavy atom. The molecule has 0 amide bonds. The van der Waals surface area contributed by atoms with Crippen LogP contribution in [0, 0.1) is 0 Å². The van der Waals surface area contributed by atoms with E-state index in [1.165, 1.54) is 12.2 Å². The highest BCUT2D eigenvalue weighted by Gasteiger charge is 2.12. The van der Waals surface area contributed by atoms with Gasteiger partial charge in [-0.25, -0.2) is 0 Å². The third-order valence-corrected chi connectivity index (χ3v) is 1.39. The fourth-order valence-electron chi connectivity index (χ4n) is 0.793. The average Bonchev–Trinajstić information content (AvgIpc) is 2.04. The highest BCUT2D eigenvalue weighted by atomic mass is 16.4. The highest BCUT2D eigenvalue weighted by molar-refractivity contribution is 5.12. The molecule has 0 aromatic carbocycles. The molecule has 0 aliphatic heterocycles. The summed E-state index contributed by atoms with van der Waals surface area (Å²) in [6, 6.07) is 0. The molecular formula is C9H16O3. The summed E-state index contributed by atoms with van der Waals surface area (Å²) < 4.78 is 0. The lowest BCUT2D eigenvalue weighted by Crippen LogP contribution is -2.13. The summed E-state index contributed by atoms with van der Waals surface area (Å²) in [5, 5.41) is 27.5. The Morgan fingerprint density at radius 1 is 1.08 bits per heavy atom. The molecule has 0 fully saturated rings. The van der Waals surface area contributed by atoms with Gasteiger partial charge in [-0.1, -0.05) is 13.8 Å². The zero-order valence-corrected chi connectivity index (χ0v) is 7.49. The number of aliphatic hydroxyl groups excluding tert-OH is 3. The summed E-state index contributed by atoms with van der Waals surface area (Å²) in [5.74, 6) is -0.389. The first-order chi connectivity index (χ1) is 5.63.